The molecule has 0 fully saturated rings. The molecule has 2 aromatic rings. The summed E-state index contributed by atoms with van der Waals surface area (Å²) in [5.41, 5.74) is 7.00. The van der Waals surface area contributed by atoms with E-state index < -0.39 is 5.97 Å². The average Bonchev–Trinajstić information content (AvgIpc) is 2.91. The van der Waals surface area contributed by atoms with Crippen molar-refractivity contribution in [1.82, 2.24) is 19.7 Å². The van der Waals surface area contributed by atoms with Gasteiger partial charge >= 0.3 is 5.97 Å². The highest BCUT2D eigenvalue weighted by Gasteiger charge is 2.10. The molecule has 3 N–H and O–H groups in total. The number of hydrogen-bond donors (Lipinski definition) is 2. The Balaban J connectivity index is 0.000000861. The number of anilines is 1. The van der Waals surface area contributed by atoms with Crippen LogP contribution in [-0.4, -0.2) is 30.8 Å². The van der Waals surface area contributed by atoms with Crippen LogP contribution in [0, 0.1) is 0 Å². The van der Waals surface area contributed by atoms with Gasteiger partial charge in [0.1, 0.15) is 0 Å². The third kappa shape index (κ3) is 3.27. The van der Waals surface area contributed by atoms with Gasteiger partial charge in [-0.3, -0.25) is 0 Å². The second-order valence-electron chi connectivity index (χ2n) is 3.40. The van der Waals surface area contributed by atoms with Crippen molar-refractivity contribution in [3.8, 4) is 5.95 Å². The molecule has 2 rings (SSSR count). The fourth-order valence-electron chi connectivity index (χ4n) is 1.35. The van der Waals surface area contributed by atoms with E-state index in [2.05, 4.69) is 15.1 Å². The molecular weight excluding hydrogens is 246 g/mol. The molecule has 0 amide bonds. The lowest BCUT2D eigenvalue weighted by Crippen LogP contribution is -2.06. The van der Waals surface area contributed by atoms with E-state index in [0.717, 1.165) is 0 Å². The van der Waals surface area contributed by atoms with E-state index in [-0.39, 0.29) is 5.56 Å². The first-order valence-corrected chi connectivity index (χ1v) is 6.01. The molecule has 0 aliphatic rings. The smallest absolute Gasteiger partial charge is 0.338 e. The summed E-state index contributed by atoms with van der Waals surface area (Å²) in [6.45, 7) is 5.92. The minimum Gasteiger partial charge on any atom is -0.478 e. The topological polar surface area (TPSA) is 107 Å². The summed E-state index contributed by atoms with van der Waals surface area (Å²) < 4.78 is 1.31. The first kappa shape index (κ1) is 14.6. The van der Waals surface area contributed by atoms with E-state index in [0.29, 0.717) is 23.8 Å². The summed E-state index contributed by atoms with van der Waals surface area (Å²) in [6.07, 6.45) is 4.76. The van der Waals surface area contributed by atoms with E-state index in [1.807, 2.05) is 20.8 Å². The number of carboxylic acid groups (broad SMARTS) is 1. The molecule has 0 unspecified atom stereocenters. The lowest BCUT2D eigenvalue weighted by Gasteiger charge is -2.04. The zero-order valence-electron chi connectivity index (χ0n) is 11.2. The molecule has 0 spiro atoms. The van der Waals surface area contributed by atoms with Crippen molar-refractivity contribution in [2.75, 3.05) is 5.73 Å². The molecule has 2 heterocycles. The standard InChI is InChI=1S/C10H11N5O2.C2H6/c1-2-8-7(11)4-12-10(14-8)15-5-6(3-13-15)9(16)17;1-2/h3-5H,2,11H2,1H3,(H,16,17);1-2H3. The third-order valence-corrected chi connectivity index (χ3v) is 2.26. The molecule has 7 nitrogen and oxygen atoms in total. The highest BCUT2D eigenvalue weighted by atomic mass is 16.4. The number of nitrogen functional groups attached to an aromatic ring is 1. The van der Waals surface area contributed by atoms with Crippen molar-refractivity contribution in [1.29, 1.82) is 0 Å². The lowest BCUT2D eigenvalue weighted by atomic mass is 10.3. The van der Waals surface area contributed by atoms with Crippen molar-refractivity contribution < 1.29 is 9.90 Å². The van der Waals surface area contributed by atoms with E-state index in [1.54, 1.807) is 0 Å². The van der Waals surface area contributed by atoms with Crippen LogP contribution >= 0.6 is 0 Å². The van der Waals surface area contributed by atoms with Gasteiger partial charge in [-0.1, -0.05) is 20.8 Å². The minimum absolute atomic E-state index is 0.0865. The molecule has 7 heteroatoms. The van der Waals surface area contributed by atoms with Crippen LogP contribution < -0.4 is 5.73 Å². The Hall–Kier alpha value is -2.44. The van der Waals surface area contributed by atoms with Crippen LogP contribution in [0.15, 0.2) is 18.6 Å². The maximum absolute atomic E-state index is 10.7. The van der Waals surface area contributed by atoms with E-state index in [1.165, 1.54) is 23.3 Å². The van der Waals surface area contributed by atoms with Crippen LogP contribution in [0.1, 0.15) is 36.8 Å². The van der Waals surface area contributed by atoms with Gasteiger partial charge in [-0.2, -0.15) is 5.10 Å². The fraction of sp³-hybridized carbons (Fsp3) is 0.333. The number of rotatable bonds is 3. The van der Waals surface area contributed by atoms with E-state index >= 15 is 0 Å². The Labute approximate surface area is 111 Å². The van der Waals surface area contributed by atoms with Gasteiger partial charge in [0, 0.05) is 6.20 Å². The highest BCUT2D eigenvalue weighted by molar-refractivity contribution is 5.86. The van der Waals surface area contributed by atoms with Gasteiger partial charge in [-0.15, -0.1) is 0 Å². The molecule has 0 aliphatic carbocycles. The normalized spacial score (nSPS) is 9.63. The molecule has 2 aromatic heterocycles. The maximum Gasteiger partial charge on any atom is 0.338 e. The zero-order valence-corrected chi connectivity index (χ0v) is 11.2. The Morgan fingerprint density at radius 3 is 2.63 bits per heavy atom. The predicted octanol–water partition coefficient (Wildman–Crippen LogP) is 1.53. The molecule has 0 saturated carbocycles. The van der Waals surface area contributed by atoms with Crippen molar-refractivity contribution in [2.45, 2.75) is 27.2 Å². The van der Waals surface area contributed by atoms with Crippen LogP contribution in [0.3, 0.4) is 0 Å². The summed E-state index contributed by atoms with van der Waals surface area (Å²) in [6, 6.07) is 0. The van der Waals surface area contributed by atoms with E-state index in [9.17, 15) is 4.79 Å². The largest absolute Gasteiger partial charge is 0.478 e. The number of aromatic nitrogens is 4. The molecule has 19 heavy (non-hydrogen) atoms. The quantitative estimate of drug-likeness (QED) is 0.869. The number of carboxylic acids is 1. The Kier molecular flexibility index (Phi) is 4.99. The number of nitrogens with zero attached hydrogens (tertiary/aromatic N) is 4. The maximum atomic E-state index is 10.7. The van der Waals surface area contributed by atoms with Gasteiger partial charge in [-0.25, -0.2) is 19.4 Å². The lowest BCUT2D eigenvalue weighted by molar-refractivity contribution is 0.0697. The molecule has 0 aromatic carbocycles. The van der Waals surface area contributed by atoms with Gasteiger partial charge in [-0.05, 0) is 6.42 Å². The van der Waals surface area contributed by atoms with Crippen molar-refractivity contribution in [2.24, 2.45) is 0 Å². The highest BCUT2D eigenvalue weighted by Crippen LogP contribution is 2.10. The number of carbonyl (C=O) groups is 1. The van der Waals surface area contributed by atoms with Gasteiger partial charge < -0.3 is 10.8 Å². The van der Waals surface area contributed by atoms with Crippen molar-refractivity contribution in [3.63, 3.8) is 0 Å². The molecular formula is C12H17N5O2. The van der Waals surface area contributed by atoms with Gasteiger partial charge in [0.05, 0.1) is 29.3 Å². The second kappa shape index (κ2) is 6.48. The molecule has 0 radical (unpaired) electrons. The third-order valence-electron chi connectivity index (χ3n) is 2.26. The van der Waals surface area contributed by atoms with Crippen LogP contribution in [0.4, 0.5) is 5.69 Å². The van der Waals surface area contributed by atoms with Crippen LogP contribution in [0.25, 0.3) is 5.95 Å². The van der Waals surface area contributed by atoms with Crippen molar-refractivity contribution >= 4 is 11.7 Å². The number of aromatic carboxylic acids is 1. The fourth-order valence-corrected chi connectivity index (χ4v) is 1.35. The summed E-state index contributed by atoms with van der Waals surface area (Å²) in [5, 5.41) is 12.7. The molecule has 0 bridgehead atoms. The Morgan fingerprint density at radius 1 is 1.42 bits per heavy atom. The van der Waals surface area contributed by atoms with Crippen LogP contribution in [0.5, 0.6) is 0 Å². The zero-order chi connectivity index (χ0) is 14.4. The summed E-state index contributed by atoms with van der Waals surface area (Å²) in [7, 11) is 0. The monoisotopic (exact) mass is 263 g/mol. The average molecular weight is 263 g/mol. The van der Waals surface area contributed by atoms with Gasteiger partial charge in [0.25, 0.3) is 5.95 Å². The number of nitrogens with two attached hydrogens (primary N) is 1. The minimum atomic E-state index is -1.04. The van der Waals surface area contributed by atoms with Crippen LogP contribution in [-0.2, 0) is 6.42 Å². The first-order valence-electron chi connectivity index (χ1n) is 6.01. The SMILES string of the molecule is CC.CCc1nc(-n2cc(C(=O)O)cn2)ncc1N. The van der Waals surface area contributed by atoms with Gasteiger partial charge in [0.2, 0.25) is 0 Å². The molecule has 0 saturated heterocycles. The Morgan fingerprint density at radius 2 is 2.11 bits per heavy atom. The van der Waals surface area contributed by atoms with Crippen LogP contribution in [0.2, 0.25) is 0 Å². The first-order chi connectivity index (χ1) is 9.11. The summed E-state index contributed by atoms with van der Waals surface area (Å²) in [4.78, 5) is 18.9. The predicted molar refractivity (Wildman–Crippen MR) is 71.3 cm³/mol. The molecule has 102 valence electrons. The van der Waals surface area contributed by atoms with Crippen molar-refractivity contribution in [3.05, 3.63) is 29.8 Å². The summed E-state index contributed by atoms with van der Waals surface area (Å²) >= 11 is 0. The summed E-state index contributed by atoms with van der Waals surface area (Å²) in [5.74, 6) is -0.731. The van der Waals surface area contributed by atoms with Gasteiger partial charge in [0.15, 0.2) is 0 Å². The molecule has 0 atom stereocenters. The second-order valence-corrected chi connectivity index (χ2v) is 3.40. The molecule has 0 aliphatic heterocycles. The number of hydrogen-bond acceptors (Lipinski definition) is 5. The van der Waals surface area contributed by atoms with E-state index in [4.69, 9.17) is 10.8 Å². The number of aryl methyl sites for hydroxylation is 1. The Bertz CT molecular complexity index is 565.